The van der Waals surface area contributed by atoms with E-state index in [1.54, 1.807) is 6.92 Å². The minimum atomic E-state index is 0.0979. The molecule has 1 saturated heterocycles. The number of hydrogen-bond acceptors (Lipinski definition) is 3. The molecular weight excluding hydrogens is 326 g/mol. The Kier molecular flexibility index (Phi) is 8.10. The molecule has 1 fully saturated rings. The van der Waals surface area contributed by atoms with Gasteiger partial charge in [-0.05, 0) is 44.5 Å². The number of ketones is 1. The minimum Gasteiger partial charge on any atom is -0.360 e. The van der Waals surface area contributed by atoms with Gasteiger partial charge in [0, 0.05) is 17.3 Å². The number of unbranched alkanes of at least 4 members (excludes halogenated alkanes) is 2. The smallest absolute Gasteiger partial charge is 0.275 e. The highest BCUT2D eigenvalue weighted by atomic mass is 16.2. The first-order valence-electron chi connectivity index (χ1n) is 9.98. The Labute approximate surface area is 157 Å². The molecule has 0 unspecified atom stereocenters. The fourth-order valence-corrected chi connectivity index (χ4v) is 3.49. The van der Waals surface area contributed by atoms with Gasteiger partial charge in [0.1, 0.15) is 0 Å². The lowest BCUT2D eigenvalue weighted by Gasteiger charge is -2.33. The van der Waals surface area contributed by atoms with Gasteiger partial charge < -0.3 is 15.1 Å². The lowest BCUT2D eigenvalue weighted by Crippen LogP contribution is -3.16. The Balaban J connectivity index is 1.72. The van der Waals surface area contributed by atoms with Gasteiger partial charge >= 0.3 is 0 Å². The molecule has 0 aromatic heterocycles. The topological polar surface area (TPSA) is 53.9 Å². The van der Waals surface area contributed by atoms with Crippen LogP contribution in [-0.2, 0) is 4.79 Å². The van der Waals surface area contributed by atoms with Crippen LogP contribution in [0.15, 0.2) is 24.3 Å². The number of benzene rings is 1. The van der Waals surface area contributed by atoms with Crippen molar-refractivity contribution in [2.45, 2.75) is 52.5 Å². The van der Waals surface area contributed by atoms with Gasteiger partial charge in [-0.1, -0.05) is 26.2 Å². The minimum absolute atomic E-state index is 0.0979. The fourth-order valence-electron chi connectivity index (χ4n) is 3.49. The maximum absolute atomic E-state index is 12.2. The summed E-state index contributed by atoms with van der Waals surface area (Å²) in [6.45, 7) is 10.3. The van der Waals surface area contributed by atoms with E-state index in [1.165, 1.54) is 24.2 Å². The molecule has 0 saturated carbocycles. The molecule has 5 nitrogen and oxygen atoms in total. The standard InChI is InChI=1S/C21H33N3O2/c1-4-5-6-7-17(2)22-21(26)16-23-12-14-24(15-13-23)20-10-8-19(9-11-20)18(3)25/h8-11,17H,4-7,12-16H2,1-3H3,(H,22,26)/p+1/t17-/m0/s1. The maximum atomic E-state index is 12.2. The summed E-state index contributed by atoms with van der Waals surface area (Å²) in [6, 6.07) is 8.10. The number of nitrogens with one attached hydrogen (secondary N) is 2. The first-order chi connectivity index (χ1) is 12.5. The average molecular weight is 361 g/mol. The van der Waals surface area contributed by atoms with Gasteiger partial charge in [-0.25, -0.2) is 0 Å². The SMILES string of the molecule is CCCCC[C@H](C)NC(=O)C[NH+]1CCN(c2ccc(C(C)=O)cc2)CC1. The van der Waals surface area contributed by atoms with Gasteiger partial charge in [-0.15, -0.1) is 0 Å². The third kappa shape index (κ3) is 6.45. The van der Waals surface area contributed by atoms with Crippen LogP contribution in [0.5, 0.6) is 0 Å². The first kappa shape index (κ1) is 20.4. The van der Waals surface area contributed by atoms with E-state index in [4.69, 9.17) is 0 Å². The van der Waals surface area contributed by atoms with Crippen LogP contribution in [0.3, 0.4) is 0 Å². The number of piperazine rings is 1. The quantitative estimate of drug-likeness (QED) is 0.520. The summed E-state index contributed by atoms with van der Waals surface area (Å²) >= 11 is 0. The van der Waals surface area contributed by atoms with E-state index < -0.39 is 0 Å². The number of Topliss-reactive ketones (excluding diaryl/α,β-unsaturated/α-hetero) is 1. The summed E-state index contributed by atoms with van der Waals surface area (Å²) in [5, 5.41) is 3.14. The number of carbonyl (C=O) groups excluding carboxylic acids is 2. The van der Waals surface area contributed by atoms with Crippen LogP contribution < -0.4 is 15.1 Å². The van der Waals surface area contributed by atoms with E-state index in [9.17, 15) is 9.59 Å². The van der Waals surface area contributed by atoms with Crippen molar-refractivity contribution >= 4 is 17.4 Å². The van der Waals surface area contributed by atoms with Crippen molar-refractivity contribution in [3.63, 3.8) is 0 Å². The summed E-state index contributed by atoms with van der Waals surface area (Å²) in [6.07, 6.45) is 4.71. The summed E-state index contributed by atoms with van der Waals surface area (Å²) in [5.41, 5.74) is 1.91. The van der Waals surface area contributed by atoms with Crippen LogP contribution in [0.4, 0.5) is 5.69 Å². The number of carbonyl (C=O) groups is 2. The van der Waals surface area contributed by atoms with Crippen LogP contribution in [0.2, 0.25) is 0 Å². The lowest BCUT2D eigenvalue weighted by atomic mass is 10.1. The Bertz CT molecular complexity index is 577. The van der Waals surface area contributed by atoms with Crippen molar-refractivity contribution in [3.8, 4) is 0 Å². The summed E-state index contributed by atoms with van der Waals surface area (Å²) < 4.78 is 0. The summed E-state index contributed by atoms with van der Waals surface area (Å²) in [7, 11) is 0. The third-order valence-corrected chi connectivity index (χ3v) is 5.17. The highest BCUT2D eigenvalue weighted by molar-refractivity contribution is 5.94. The molecule has 0 aliphatic carbocycles. The Morgan fingerprint density at radius 3 is 2.38 bits per heavy atom. The number of quaternary nitrogens is 1. The predicted molar refractivity (Wildman–Crippen MR) is 106 cm³/mol. The molecule has 1 aliphatic rings. The molecule has 1 atom stereocenters. The van der Waals surface area contributed by atoms with Crippen LogP contribution in [0.1, 0.15) is 56.8 Å². The zero-order valence-corrected chi connectivity index (χ0v) is 16.5. The van der Waals surface area contributed by atoms with Crippen molar-refractivity contribution in [1.29, 1.82) is 0 Å². The third-order valence-electron chi connectivity index (χ3n) is 5.17. The number of nitrogens with zero attached hydrogens (tertiary/aromatic N) is 1. The monoisotopic (exact) mass is 360 g/mol. The molecule has 144 valence electrons. The predicted octanol–water partition coefficient (Wildman–Crippen LogP) is 1.68. The highest BCUT2D eigenvalue weighted by Gasteiger charge is 2.22. The van der Waals surface area contributed by atoms with E-state index in [0.29, 0.717) is 6.54 Å². The Morgan fingerprint density at radius 2 is 1.81 bits per heavy atom. The largest absolute Gasteiger partial charge is 0.360 e. The Morgan fingerprint density at radius 1 is 1.15 bits per heavy atom. The van der Waals surface area contributed by atoms with E-state index in [-0.39, 0.29) is 17.7 Å². The van der Waals surface area contributed by atoms with Gasteiger partial charge in [-0.2, -0.15) is 0 Å². The van der Waals surface area contributed by atoms with Gasteiger partial charge in [0.15, 0.2) is 12.3 Å². The van der Waals surface area contributed by atoms with Crippen molar-refractivity contribution in [2.75, 3.05) is 37.6 Å². The van der Waals surface area contributed by atoms with E-state index in [0.717, 1.165) is 43.9 Å². The van der Waals surface area contributed by atoms with Crippen molar-refractivity contribution in [1.82, 2.24) is 5.32 Å². The molecule has 1 aromatic carbocycles. The molecule has 0 spiro atoms. The number of rotatable bonds is 9. The highest BCUT2D eigenvalue weighted by Crippen LogP contribution is 2.15. The van der Waals surface area contributed by atoms with Gasteiger partial charge in [0.25, 0.3) is 5.91 Å². The molecule has 0 bridgehead atoms. The fraction of sp³-hybridized carbons (Fsp3) is 0.619. The molecule has 2 N–H and O–H groups in total. The van der Waals surface area contributed by atoms with E-state index >= 15 is 0 Å². The summed E-state index contributed by atoms with van der Waals surface area (Å²) in [4.78, 5) is 27.3. The molecule has 2 rings (SSSR count). The molecule has 5 heteroatoms. The van der Waals surface area contributed by atoms with Crippen LogP contribution >= 0.6 is 0 Å². The molecular formula is C21H34N3O2+. The summed E-state index contributed by atoms with van der Waals surface area (Å²) in [5.74, 6) is 0.268. The number of anilines is 1. The van der Waals surface area contributed by atoms with Crippen molar-refractivity contribution in [2.24, 2.45) is 0 Å². The van der Waals surface area contributed by atoms with Crippen molar-refractivity contribution < 1.29 is 14.5 Å². The molecule has 0 radical (unpaired) electrons. The van der Waals surface area contributed by atoms with Gasteiger partial charge in [0.2, 0.25) is 0 Å². The maximum Gasteiger partial charge on any atom is 0.275 e. The second kappa shape index (κ2) is 10.3. The zero-order valence-electron chi connectivity index (χ0n) is 16.5. The first-order valence-corrected chi connectivity index (χ1v) is 9.98. The number of hydrogen-bond donors (Lipinski definition) is 2. The van der Waals surface area contributed by atoms with Crippen LogP contribution in [0.25, 0.3) is 0 Å². The molecule has 1 heterocycles. The van der Waals surface area contributed by atoms with Crippen molar-refractivity contribution in [3.05, 3.63) is 29.8 Å². The second-order valence-corrected chi connectivity index (χ2v) is 7.48. The van der Waals surface area contributed by atoms with Gasteiger partial charge in [-0.3, -0.25) is 9.59 Å². The Hall–Kier alpha value is -1.88. The molecule has 1 amide bonds. The van der Waals surface area contributed by atoms with Crippen LogP contribution in [-0.4, -0.2) is 50.5 Å². The zero-order chi connectivity index (χ0) is 18.9. The lowest BCUT2D eigenvalue weighted by molar-refractivity contribution is -0.892. The second-order valence-electron chi connectivity index (χ2n) is 7.48. The van der Waals surface area contributed by atoms with Gasteiger partial charge in [0.05, 0.1) is 26.2 Å². The van der Waals surface area contributed by atoms with E-state index in [1.807, 2.05) is 24.3 Å². The van der Waals surface area contributed by atoms with E-state index in [2.05, 4.69) is 24.1 Å². The molecule has 1 aliphatic heterocycles. The number of amides is 1. The molecule has 1 aromatic rings. The normalized spacial score (nSPS) is 16.3. The van der Waals surface area contributed by atoms with Crippen LogP contribution in [0, 0.1) is 0 Å². The average Bonchev–Trinajstić information content (AvgIpc) is 2.62. The molecule has 26 heavy (non-hydrogen) atoms.